The van der Waals surface area contributed by atoms with Crippen LogP contribution < -0.4 is 5.32 Å². The molecule has 0 aliphatic rings. The van der Waals surface area contributed by atoms with Gasteiger partial charge in [0.2, 0.25) is 0 Å². The van der Waals surface area contributed by atoms with Crippen molar-refractivity contribution >= 4 is 6.09 Å². The van der Waals surface area contributed by atoms with Crippen molar-refractivity contribution in [3.8, 4) is 11.5 Å². The minimum absolute atomic E-state index is 0.153. The van der Waals surface area contributed by atoms with E-state index in [0.717, 1.165) is 18.4 Å². The number of carbonyl (C=O) groups excluding carboxylic acids is 1. The summed E-state index contributed by atoms with van der Waals surface area (Å²) in [6.45, 7) is 3.02. The second-order valence-corrected chi connectivity index (χ2v) is 4.70. The van der Waals surface area contributed by atoms with Crippen molar-refractivity contribution in [3.05, 3.63) is 23.8 Å². The molecule has 1 aromatic carbocycles. The number of ether oxygens (including phenoxy) is 1. The van der Waals surface area contributed by atoms with Gasteiger partial charge < -0.3 is 20.3 Å². The molecule has 112 valence electrons. The third-order valence-electron chi connectivity index (χ3n) is 2.96. The zero-order chi connectivity index (χ0) is 14.8. The molecule has 0 aromatic heterocycles. The summed E-state index contributed by atoms with van der Waals surface area (Å²) in [6, 6.07) is 4.56. The van der Waals surface area contributed by atoms with E-state index in [0.29, 0.717) is 13.0 Å². The SMILES string of the molecule is CCCCCCNC(=O)OCCc1ccc(O)c(O)c1. The zero-order valence-corrected chi connectivity index (χ0v) is 11.9. The maximum absolute atomic E-state index is 11.4. The lowest BCUT2D eigenvalue weighted by atomic mass is 10.1. The molecule has 5 nitrogen and oxygen atoms in total. The molecule has 1 rings (SSSR count). The molecule has 3 N–H and O–H groups in total. The molecule has 0 spiro atoms. The van der Waals surface area contributed by atoms with Crippen LogP contribution in [-0.2, 0) is 11.2 Å². The van der Waals surface area contributed by atoms with Gasteiger partial charge in [-0.15, -0.1) is 0 Å². The van der Waals surface area contributed by atoms with Crippen LogP contribution in [0, 0.1) is 0 Å². The molecule has 20 heavy (non-hydrogen) atoms. The van der Waals surface area contributed by atoms with Crippen LogP contribution in [0.1, 0.15) is 38.2 Å². The van der Waals surface area contributed by atoms with E-state index in [-0.39, 0.29) is 18.1 Å². The van der Waals surface area contributed by atoms with Crippen LogP contribution in [0.4, 0.5) is 4.79 Å². The molecule has 0 fully saturated rings. The number of phenols is 2. The third kappa shape index (κ3) is 6.31. The van der Waals surface area contributed by atoms with E-state index < -0.39 is 6.09 Å². The molecular weight excluding hydrogens is 258 g/mol. The van der Waals surface area contributed by atoms with Gasteiger partial charge in [-0.2, -0.15) is 0 Å². The fraction of sp³-hybridized carbons (Fsp3) is 0.533. The van der Waals surface area contributed by atoms with E-state index >= 15 is 0 Å². The van der Waals surface area contributed by atoms with Crippen molar-refractivity contribution in [2.45, 2.75) is 39.0 Å². The highest BCUT2D eigenvalue weighted by Crippen LogP contribution is 2.24. The third-order valence-corrected chi connectivity index (χ3v) is 2.96. The number of amides is 1. The van der Waals surface area contributed by atoms with Crippen molar-refractivity contribution in [3.63, 3.8) is 0 Å². The Hall–Kier alpha value is -1.91. The van der Waals surface area contributed by atoms with Gasteiger partial charge in [-0.1, -0.05) is 32.3 Å². The fourth-order valence-electron chi connectivity index (χ4n) is 1.78. The summed E-state index contributed by atoms with van der Waals surface area (Å²) < 4.78 is 5.03. The van der Waals surface area contributed by atoms with Gasteiger partial charge in [0, 0.05) is 13.0 Å². The van der Waals surface area contributed by atoms with E-state index in [9.17, 15) is 15.0 Å². The van der Waals surface area contributed by atoms with Gasteiger partial charge in [0.25, 0.3) is 0 Å². The second kappa shape index (κ2) is 9.07. The molecular formula is C15H23NO4. The molecule has 1 amide bonds. The van der Waals surface area contributed by atoms with E-state index in [1.54, 1.807) is 6.07 Å². The zero-order valence-electron chi connectivity index (χ0n) is 11.9. The van der Waals surface area contributed by atoms with Gasteiger partial charge in [-0.05, 0) is 24.1 Å². The van der Waals surface area contributed by atoms with Crippen LogP contribution in [0.15, 0.2) is 18.2 Å². The Morgan fingerprint density at radius 1 is 1.20 bits per heavy atom. The molecule has 0 saturated carbocycles. The van der Waals surface area contributed by atoms with Crippen LogP contribution >= 0.6 is 0 Å². The lowest BCUT2D eigenvalue weighted by Gasteiger charge is -2.07. The van der Waals surface area contributed by atoms with Gasteiger partial charge in [-0.3, -0.25) is 0 Å². The molecule has 0 atom stereocenters. The average Bonchev–Trinajstić information content (AvgIpc) is 2.42. The van der Waals surface area contributed by atoms with Crippen molar-refractivity contribution in [1.82, 2.24) is 5.32 Å². The number of alkyl carbamates (subject to hydrolysis) is 1. The van der Waals surface area contributed by atoms with Gasteiger partial charge in [0.15, 0.2) is 11.5 Å². The summed E-state index contributed by atoms with van der Waals surface area (Å²) in [5.74, 6) is -0.317. The predicted molar refractivity (Wildman–Crippen MR) is 77.0 cm³/mol. The summed E-state index contributed by atoms with van der Waals surface area (Å²) in [5.41, 5.74) is 0.802. The van der Waals surface area contributed by atoms with Crippen LogP contribution in [0.25, 0.3) is 0 Å². The molecule has 0 aliphatic carbocycles. The lowest BCUT2D eigenvalue weighted by Crippen LogP contribution is -2.26. The topological polar surface area (TPSA) is 78.8 Å². The fourth-order valence-corrected chi connectivity index (χ4v) is 1.78. The Balaban J connectivity index is 2.13. The number of phenolic OH excluding ortho intramolecular Hbond substituents is 2. The highest BCUT2D eigenvalue weighted by molar-refractivity contribution is 5.67. The lowest BCUT2D eigenvalue weighted by molar-refractivity contribution is 0.147. The van der Waals surface area contributed by atoms with Gasteiger partial charge in [0.05, 0.1) is 6.61 Å². The Morgan fingerprint density at radius 3 is 2.70 bits per heavy atom. The number of benzene rings is 1. The molecule has 1 aromatic rings. The first-order valence-electron chi connectivity index (χ1n) is 7.05. The number of unbranched alkanes of at least 4 members (excludes halogenated alkanes) is 3. The quantitative estimate of drug-likeness (QED) is 0.505. The maximum atomic E-state index is 11.4. The van der Waals surface area contributed by atoms with Crippen molar-refractivity contribution in [2.75, 3.05) is 13.2 Å². The van der Waals surface area contributed by atoms with Crippen LogP contribution in [0.3, 0.4) is 0 Å². The molecule has 0 radical (unpaired) electrons. The smallest absolute Gasteiger partial charge is 0.407 e. The summed E-state index contributed by atoms with van der Waals surface area (Å²) in [7, 11) is 0. The number of aromatic hydroxyl groups is 2. The minimum atomic E-state index is -0.413. The van der Waals surface area contributed by atoms with E-state index in [4.69, 9.17) is 4.74 Å². The standard InChI is InChI=1S/C15H23NO4/c1-2-3-4-5-9-16-15(19)20-10-8-12-6-7-13(17)14(18)11-12/h6-7,11,17-18H,2-5,8-10H2,1H3,(H,16,19). The Labute approximate surface area is 119 Å². The maximum Gasteiger partial charge on any atom is 0.407 e. The first-order valence-corrected chi connectivity index (χ1v) is 7.05. The number of hydrogen-bond acceptors (Lipinski definition) is 4. The van der Waals surface area contributed by atoms with Gasteiger partial charge in [0.1, 0.15) is 0 Å². The van der Waals surface area contributed by atoms with Crippen LogP contribution in [0.2, 0.25) is 0 Å². The van der Waals surface area contributed by atoms with E-state index in [1.807, 2.05) is 0 Å². The van der Waals surface area contributed by atoms with E-state index in [1.165, 1.54) is 25.0 Å². The Kier molecular flexibility index (Phi) is 7.32. The van der Waals surface area contributed by atoms with Crippen molar-refractivity contribution in [1.29, 1.82) is 0 Å². The van der Waals surface area contributed by atoms with Crippen LogP contribution in [-0.4, -0.2) is 29.5 Å². The largest absolute Gasteiger partial charge is 0.504 e. The number of hydrogen-bond donors (Lipinski definition) is 3. The van der Waals surface area contributed by atoms with Gasteiger partial charge in [-0.25, -0.2) is 4.79 Å². The summed E-state index contributed by atoms with van der Waals surface area (Å²) in [5, 5.41) is 21.2. The molecule has 5 heteroatoms. The Bertz CT molecular complexity index is 420. The molecule has 0 heterocycles. The summed E-state index contributed by atoms with van der Waals surface area (Å²) in [6.07, 6.45) is 4.52. The van der Waals surface area contributed by atoms with Gasteiger partial charge >= 0.3 is 6.09 Å². The first-order chi connectivity index (χ1) is 9.63. The minimum Gasteiger partial charge on any atom is -0.504 e. The highest BCUT2D eigenvalue weighted by atomic mass is 16.5. The monoisotopic (exact) mass is 281 g/mol. The summed E-state index contributed by atoms with van der Waals surface area (Å²) >= 11 is 0. The highest BCUT2D eigenvalue weighted by Gasteiger charge is 2.03. The van der Waals surface area contributed by atoms with Crippen molar-refractivity contribution in [2.24, 2.45) is 0 Å². The second-order valence-electron chi connectivity index (χ2n) is 4.70. The van der Waals surface area contributed by atoms with Crippen molar-refractivity contribution < 1.29 is 19.7 Å². The molecule has 0 aliphatic heterocycles. The molecule has 0 saturated heterocycles. The summed E-state index contributed by atoms with van der Waals surface area (Å²) in [4.78, 5) is 11.4. The number of carbonyl (C=O) groups is 1. The average molecular weight is 281 g/mol. The number of nitrogens with one attached hydrogen (secondary N) is 1. The van der Waals surface area contributed by atoms with E-state index in [2.05, 4.69) is 12.2 Å². The van der Waals surface area contributed by atoms with Crippen LogP contribution in [0.5, 0.6) is 11.5 Å². The predicted octanol–water partition coefficient (Wildman–Crippen LogP) is 2.95. The Morgan fingerprint density at radius 2 is 2.00 bits per heavy atom. The molecule has 0 bridgehead atoms. The molecule has 0 unspecified atom stereocenters. The normalized spacial score (nSPS) is 10.2. The number of rotatable bonds is 8. The first kappa shape index (κ1) is 16.1.